The zero-order valence-electron chi connectivity index (χ0n) is 14.7. The van der Waals surface area contributed by atoms with Gasteiger partial charge in [0, 0.05) is 24.9 Å². The number of rotatable bonds is 8. The molecule has 2 aromatic carbocycles. The van der Waals surface area contributed by atoms with E-state index in [1.54, 1.807) is 31.4 Å². The van der Waals surface area contributed by atoms with E-state index in [4.69, 9.17) is 9.47 Å². The molecule has 2 aromatic rings. The number of ether oxygens (including phenoxy) is 2. The Labute approximate surface area is 161 Å². The summed E-state index contributed by atoms with van der Waals surface area (Å²) in [7, 11) is 1.57. The number of halogens is 1. The molecule has 0 bridgehead atoms. The summed E-state index contributed by atoms with van der Waals surface area (Å²) in [6.45, 7) is 2.76. The molecule has 0 spiro atoms. The predicted octanol–water partition coefficient (Wildman–Crippen LogP) is 3.15. The summed E-state index contributed by atoms with van der Waals surface area (Å²) in [5.74, 6) is 0.135. The lowest BCUT2D eigenvalue weighted by Gasteiger charge is -2.10. The molecule has 2 N–H and O–H groups in total. The number of aryl methyl sites for hydroxylation is 1. The first-order valence-electron chi connectivity index (χ1n) is 8.05. The number of hydrogen-bond acceptors (Lipinski definition) is 4. The maximum atomic E-state index is 12.0. The van der Waals surface area contributed by atoms with Gasteiger partial charge in [0.2, 0.25) is 0 Å². The minimum Gasteiger partial charge on any atom is -0.483 e. The van der Waals surface area contributed by atoms with Crippen molar-refractivity contribution >= 4 is 33.4 Å². The highest BCUT2D eigenvalue weighted by Gasteiger charge is 2.08. The number of anilines is 1. The zero-order valence-corrected chi connectivity index (χ0v) is 16.3. The second-order valence-corrected chi connectivity index (χ2v) is 6.45. The zero-order chi connectivity index (χ0) is 18.9. The normalized spacial score (nSPS) is 10.3. The number of amides is 2. The van der Waals surface area contributed by atoms with Crippen LogP contribution in [0.3, 0.4) is 0 Å². The Morgan fingerprint density at radius 2 is 1.85 bits per heavy atom. The molecule has 0 aliphatic heterocycles. The van der Waals surface area contributed by atoms with E-state index in [1.807, 2.05) is 25.1 Å². The third-order valence-corrected chi connectivity index (χ3v) is 4.09. The van der Waals surface area contributed by atoms with Gasteiger partial charge in [0.15, 0.2) is 6.61 Å². The maximum absolute atomic E-state index is 12.0. The van der Waals surface area contributed by atoms with Crippen molar-refractivity contribution in [1.29, 1.82) is 0 Å². The Balaban J connectivity index is 1.84. The molecule has 0 unspecified atom stereocenters. The topological polar surface area (TPSA) is 76.7 Å². The molecular formula is C19H21BrN2O4. The van der Waals surface area contributed by atoms with E-state index in [2.05, 4.69) is 26.6 Å². The Morgan fingerprint density at radius 1 is 1.12 bits per heavy atom. The Kier molecular flexibility index (Phi) is 7.62. The number of methoxy groups -OCH3 is 1. The van der Waals surface area contributed by atoms with Crippen LogP contribution in [0.2, 0.25) is 0 Å². The smallest absolute Gasteiger partial charge is 0.262 e. The maximum Gasteiger partial charge on any atom is 0.262 e. The van der Waals surface area contributed by atoms with Crippen molar-refractivity contribution in [2.45, 2.75) is 6.92 Å². The van der Waals surface area contributed by atoms with Gasteiger partial charge in [-0.2, -0.15) is 0 Å². The van der Waals surface area contributed by atoms with Gasteiger partial charge in [-0.3, -0.25) is 9.59 Å². The van der Waals surface area contributed by atoms with Gasteiger partial charge in [0.1, 0.15) is 5.75 Å². The van der Waals surface area contributed by atoms with Crippen LogP contribution in [0.5, 0.6) is 5.75 Å². The first-order chi connectivity index (χ1) is 12.5. The molecule has 138 valence electrons. The third kappa shape index (κ3) is 6.16. The van der Waals surface area contributed by atoms with Gasteiger partial charge in [-0.25, -0.2) is 0 Å². The van der Waals surface area contributed by atoms with Gasteiger partial charge in [0.25, 0.3) is 11.8 Å². The molecule has 7 heteroatoms. The largest absolute Gasteiger partial charge is 0.483 e. The summed E-state index contributed by atoms with van der Waals surface area (Å²) in [6, 6.07) is 12.3. The summed E-state index contributed by atoms with van der Waals surface area (Å²) in [5.41, 5.74) is 2.20. The summed E-state index contributed by atoms with van der Waals surface area (Å²) < 4.78 is 11.2. The molecule has 0 aliphatic rings. The third-order valence-electron chi connectivity index (χ3n) is 3.47. The monoisotopic (exact) mass is 420 g/mol. The van der Waals surface area contributed by atoms with Gasteiger partial charge in [-0.15, -0.1) is 0 Å². The van der Waals surface area contributed by atoms with Crippen molar-refractivity contribution in [1.82, 2.24) is 5.32 Å². The first-order valence-corrected chi connectivity index (χ1v) is 8.85. The van der Waals surface area contributed by atoms with E-state index >= 15 is 0 Å². The standard InChI is InChI=1S/C19H21BrN2O4/c1-13-3-8-17(16(20)11-13)26-12-18(23)22-15-6-4-14(5-7-15)19(24)21-9-10-25-2/h3-8,11H,9-10,12H2,1-2H3,(H,21,24)(H,22,23). The van der Waals surface area contributed by atoms with Crippen LogP contribution < -0.4 is 15.4 Å². The SMILES string of the molecule is COCCNC(=O)c1ccc(NC(=O)COc2ccc(C)cc2Br)cc1. The molecule has 2 amide bonds. The molecule has 0 atom stereocenters. The van der Waals surface area contributed by atoms with Crippen molar-refractivity contribution in [3.05, 3.63) is 58.1 Å². The summed E-state index contributed by atoms with van der Waals surface area (Å²) in [4.78, 5) is 23.9. The molecule has 0 saturated heterocycles. The van der Waals surface area contributed by atoms with Crippen molar-refractivity contribution in [2.24, 2.45) is 0 Å². The van der Waals surface area contributed by atoms with E-state index in [0.29, 0.717) is 30.2 Å². The van der Waals surface area contributed by atoms with Gasteiger partial charge in [-0.1, -0.05) is 6.07 Å². The van der Waals surface area contributed by atoms with Gasteiger partial charge in [-0.05, 0) is 64.8 Å². The Bertz CT molecular complexity index is 763. The van der Waals surface area contributed by atoms with Gasteiger partial charge >= 0.3 is 0 Å². The van der Waals surface area contributed by atoms with Crippen LogP contribution in [0.25, 0.3) is 0 Å². The van der Waals surface area contributed by atoms with Crippen LogP contribution in [0.1, 0.15) is 15.9 Å². The van der Waals surface area contributed by atoms with Crippen LogP contribution in [0.15, 0.2) is 46.9 Å². The van der Waals surface area contributed by atoms with Crippen LogP contribution in [-0.4, -0.2) is 38.7 Å². The second-order valence-electron chi connectivity index (χ2n) is 5.60. The van der Waals surface area contributed by atoms with E-state index in [0.717, 1.165) is 10.0 Å². The van der Waals surface area contributed by atoms with Crippen LogP contribution >= 0.6 is 15.9 Å². The molecule has 2 rings (SSSR count). The molecule has 0 heterocycles. The quantitative estimate of drug-likeness (QED) is 0.643. The minimum atomic E-state index is -0.283. The summed E-state index contributed by atoms with van der Waals surface area (Å²) in [5, 5.41) is 5.46. The van der Waals surface area contributed by atoms with E-state index < -0.39 is 0 Å². The molecule has 0 aromatic heterocycles. The molecule has 6 nitrogen and oxygen atoms in total. The molecule has 0 radical (unpaired) electrons. The lowest BCUT2D eigenvalue weighted by Crippen LogP contribution is -2.26. The van der Waals surface area contributed by atoms with Gasteiger partial charge in [0.05, 0.1) is 11.1 Å². The summed E-state index contributed by atoms with van der Waals surface area (Å²) >= 11 is 3.41. The average Bonchev–Trinajstić information content (AvgIpc) is 2.61. The highest BCUT2D eigenvalue weighted by molar-refractivity contribution is 9.10. The van der Waals surface area contributed by atoms with E-state index in [9.17, 15) is 9.59 Å². The van der Waals surface area contributed by atoms with E-state index in [1.165, 1.54) is 0 Å². The number of carbonyl (C=O) groups excluding carboxylic acids is 2. The van der Waals surface area contributed by atoms with Crippen LogP contribution in [-0.2, 0) is 9.53 Å². The minimum absolute atomic E-state index is 0.110. The number of nitrogens with one attached hydrogen (secondary N) is 2. The van der Waals surface area contributed by atoms with Crippen LogP contribution in [0.4, 0.5) is 5.69 Å². The fourth-order valence-electron chi connectivity index (χ4n) is 2.14. The van der Waals surface area contributed by atoms with Gasteiger partial charge < -0.3 is 20.1 Å². The highest BCUT2D eigenvalue weighted by Crippen LogP contribution is 2.25. The Morgan fingerprint density at radius 3 is 2.50 bits per heavy atom. The van der Waals surface area contributed by atoms with Crippen LogP contribution in [0, 0.1) is 6.92 Å². The molecule has 0 fully saturated rings. The highest BCUT2D eigenvalue weighted by atomic mass is 79.9. The van der Waals surface area contributed by atoms with E-state index in [-0.39, 0.29) is 18.4 Å². The molecule has 26 heavy (non-hydrogen) atoms. The molecular weight excluding hydrogens is 400 g/mol. The van der Waals surface area contributed by atoms with Crippen molar-refractivity contribution in [3.8, 4) is 5.75 Å². The lowest BCUT2D eigenvalue weighted by atomic mass is 10.2. The fourth-order valence-corrected chi connectivity index (χ4v) is 2.74. The fraction of sp³-hybridized carbons (Fsp3) is 0.263. The number of carbonyl (C=O) groups is 2. The molecule has 0 aliphatic carbocycles. The number of hydrogen-bond donors (Lipinski definition) is 2. The predicted molar refractivity (Wildman–Crippen MR) is 104 cm³/mol. The lowest BCUT2D eigenvalue weighted by molar-refractivity contribution is -0.118. The molecule has 0 saturated carbocycles. The average molecular weight is 421 g/mol. The first kappa shape index (κ1) is 19.9. The van der Waals surface area contributed by atoms with Crippen molar-refractivity contribution in [3.63, 3.8) is 0 Å². The number of benzene rings is 2. The Hall–Kier alpha value is -2.38. The van der Waals surface area contributed by atoms with Crippen molar-refractivity contribution < 1.29 is 19.1 Å². The van der Waals surface area contributed by atoms with Crippen molar-refractivity contribution in [2.75, 3.05) is 32.2 Å². The second kappa shape index (κ2) is 9.94. The summed E-state index contributed by atoms with van der Waals surface area (Å²) in [6.07, 6.45) is 0.